The topological polar surface area (TPSA) is 74.4 Å². The molecule has 1 aromatic carbocycles. The lowest BCUT2D eigenvalue weighted by Crippen LogP contribution is -2.20. The molecule has 136 valence electrons. The Labute approximate surface area is 153 Å². The van der Waals surface area contributed by atoms with E-state index in [1.807, 2.05) is 6.92 Å². The van der Waals surface area contributed by atoms with Crippen LogP contribution in [0, 0.1) is 17.8 Å². The van der Waals surface area contributed by atoms with Crippen molar-refractivity contribution in [2.75, 3.05) is 20.3 Å². The number of methoxy groups -OCH3 is 1. The van der Waals surface area contributed by atoms with Gasteiger partial charge in [-0.3, -0.25) is 4.79 Å². The summed E-state index contributed by atoms with van der Waals surface area (Å²) in [5.41, 5.74) is 6.21. The number of halogens is 2. The van der Waals surface area contributed by atoms with E-state index in [1.54, 1.807) is 25.3 Å². The van der Waals surface area contributed by atoms with Gasteiger partial charge in [0.1, 0.15) is 10.6 Å². The zero-order chi connectivity index (χ0) is 18.9. The highest BCUT2D eigenvalue weighted by molar-refractivity contribution is 7.14. The van der Waals surface area contributed by atoms with Crippen LogP contribution in [0.15, 0.2) is 18.2 Å². The maximum atomic E-state index is 14.4. The van der Waals surface area contributed by atoms with E-state index in [4.69, 9.17) is 15.2 Å². The average molecular weight is 378 g/mol. The maximum Gasteiger partial charge on any atom is 0.317 e. The standard InChI is InChI=1S/C18H16F2N2O3S/c1-10(8-24-2)3-4-11-5-6-13-12(7-11)14-15(18(19,20)9-25-13)26-17(22-14)16(21)23/h5-7,10H,8-9H2,1-2H3,(H2,21,23). The van der Waals surface area contributed by atoms with Gasteiger partial charge in [0.05, 0.1) is 12.3 Å². The summed E-state index contributed by atoms with van der Waals surface area (Å²) in [7, 11) is 1.60. The van der Waals surface area contributed by atoms with Crippen LogP contribution in [0.3, 0.4) is 0 Å². The fraction of sp³-hybridized carbons (Fsp3) is 0.333. The van der Waals surface area contributed by atoms with E-state index in [-0.39, 0.29) is 27.2 Å². The summed E-state index contributed by atoms with van der Waals surface area (Å²) in [5.74, 6) is 2.20. The molecule has 1 aliphatic rings. The van der Waals surface area contributed by atoms with Crippen LogP contribution in [0.4, 0.5) is 8.78 Å². The lowest BCUT2D eigenvalue weighted by molar-refractivity contribution is -0.0412. The van der Waals surface area contributed by atoms with Crippen LogP contribution in [-0.2, 0) is 10.7 Å². The Hall–Kier alpha value is -2.50. The smallest absolute Gasteiger partial charge is 0.317 e. The van der Waals surface area contributed by atoms with Crippen LogP contribution >= 0.6 is 11.3 Å². The van der Waals surface area contributed by atoms with E-state index in [1.165, 1.54) is 0 Å². The van der Waals surface area contributed by atoms with Crippen molar-refractivity contribution >= 4 is 17.2 Å². The van der Waals surface area contributed by atoms with E-state index in [2.05, 4.69) is 16.8 Å². The van der Waals surface area contributed by atoms with E-state index in [0.717, 1.165) is 0 Å². The zero-order valence-electron chi connectivity index (χ0n) is 14.1. The van der Waals surface area contributed by atoms with Crippen molar-refractivity contribution in [1.82, 2.24) is 4.98 Å². The summed E-state index contributed by atoms with van der Waals surface area (Å²) in [5, 5.41) is -0.160. The number of carbonyl (C=O) groups excluding carboxylic acids is 1. The molecule has 2 N–H and O–H groups in total. The molecule has 5 nitrogen and oxygen atoms in total. The summed E-state index contributed by atoms with van der Waals surface area (Å²) >= 11 is 0.590. The van der Waals surface area contributed by atoms with Crippen LogP contribution in [0.1, 0.15) is 27.2 Å². The van der Waals surface area contributed by atoms with Crippen molar-refractivity contribution in [3.05, 3.63) is 33.6 Å². The third-order valence-corrected chi connectivity index (χ3v) is 4.88. The number of hydrogen-bond donors (Lipinski definition) is 1. The molecule has 1 aromatic heterocycles. The van der Waals surface area contributed by atoms with E-state index in [9.17, 15) is 13.6 Å². The Morgan fingerprint density at radius 1 is 1.54 bits per heavy atom. The second kappa shape index (κ2) is 7.02. The van der Waals surface area contributed by atoms with Crippen molar-refractivity contribution in [1.29, 1.82) is 0 Å². The second-order valence-corrected chi connectivity index (χ2v) is 6.89. The second-order valence-electron chi connectivity index (χ2n) is 5.89. The van der Waals surface area contributed by atoms with Crippen molar-refractivity contribution in [2.45, 2.75) is 12.8 Å². The van der Waals surface area contributed by atoms with Gasteiger partial charge in [0.2, 0.25) is 0 Å². The zero-order valence-corrected chi connectivity index (χ0v) is 15.0. The molecule has 1 aliphatic heterocycles. The van der Waals surface area contributed by atoms with Gasteiger partial charge in [0, 0.05) is 24.2 Å². The molecule has 2 aromatic rings. The molecule has 0 bridgehead atoms. The molecule has 26 heavy (non-hydrogen) atoms. The van der Waals surface area contributed by atoms with Crippen molar-refractivity contribution in [3.63, 3.8) is 0 Å². The van der Waals surface area contributed by atoms with E-state index >= 15 is 0 Å². The number of carbonyl (C=O) groups is 1. The number of benzene rings is 1. The Kier molecular flexibility index (Phi) is 4.94. The summed E-state index contributed by atoms with van der Waals surface area (Å²) in [4.78, 5) is 15.1. The van der Waals surface area contributed by atoms with Crippen LogP contribution in [-0.4, -0.2) is 31.2 Å². The lowest BCUT2D eigenvalue weighted by Gasteiger charge is -2.12. The summed E-state index contributed by atoms with van der Waals surface area (Å²) in [6.45, 7) is 1.58. The Morgan fingerprint density at radius 2 is 2.31 bits per heavy atom. The van der Waals surface area contributed by atoms with Gasteiger partial charge in [-0.15, -0.1) is 11.3 Å². The molecule has 2 heterocycles. The number of rotatable bonds is 3. The van der Waals surface area contributed by atoms with E-state index in [0.29, 0.717) is 29.1 Å². The Balaban J connectivity index is 2.09. The molecule has 0 spiro atoms. The van der Waals surface area contributed by atoms with Gasteiger partial charge >= 0.3 is 5.92 Å². The van der Waals surface area contributed by atoms with Gasteiger partial charge in [-0.05, 0) is 25.1 Å². The first-order valence-electron chi connectivity index (χ1n) is 7.78. The fourth-order valence-electron chi connectivity index (χ4n) is 2.51. The van der Waals surface area contributed by atoms with Crippen LogP contribution in [0.2, 0.25) is 0 Å². The highest BCUT2D eigenvalue weighted by Crippen LogP contribution is 2.46. The number of fused-ring (bicyclic) bond motifs is 3. The molecular weight excluding hydrogens is 362 g/mol. The fourth-order valence-corrected chi connectivity index (χ4v) is 3.40. The first kappa shape index (κ1) is 18.3. The highest BCUT2D eigenvalue weighted by Gasteiger charge is 2.42. The van der Waals surface area contributed by atoms with Crippen LogP contribution in [0.25, 0.3) is 11.3 Å². The van der Waals surface area contributed by atoms with Crippen LogP contribution in [0.5, 0.6) is 5.75 Å². The molecular formula is C18H16F2N2O3S. The normalized spacial score (nSPS) is 15.5. The quantitative estimate of drug-likeness (QED) is 0.833. The molecule has 0 aliphatic carbocycles. The minimum atomic E-state index is -3.27. The largest absolute Gasteiger partial charge is 0.486 e. The predicted molar refractivity (Wildman–Crippen MR) is 93.4 cm³/mol. The molecule has 1 atom stereocenters. The van der Waals surface area contributed by atoms with Gasteiger partial charge < -0.3 is 15.2 Å². The van der Waals surface area contributed by atoms with Gasteiger partial charge in [0.15, 0.2) is 11.6 Å². The van der Waals surface area contributed by atoms with Gasteiger partial charge in [-0.2, -0.15) is 8.78 Å². The lowest BCUT2D eigenvalue weighted by atomic mass is 10.0. The number of primary amides is 1. The summed E-state index contributed by atoms with van der Waals surface area (Å²) < 4.78 is 39.1. The molecule has 0 radical (unpaired) electrons. The van der Waals surface area contributed by atoms with E-state index < -0.39 is 18.4 Å². The maximum absolute atomic E-state index is 14.4. The van der Waals surface area contributed by atoms with Gasteiger partial charge in [-0.1, -0.05) is 11.8 Å². The molecule has 0 saturated heterocycles. The Morgan fingerprint density at radius 3 is 3.00 bits per heavy atom. The SMILES string of the molecule is COCC(C)C#Cc1ccc2c(c1)-c1nc(C(N)=O)sc1C(F)(F)CO2. The molecule has 1 amide bonds. The van der Waals surface area contributed by atoms with Crippen LogP contribution < -0.4 is 10.5 Å². The third-order valence-electron chi connectivity index (χ3n) is 3.69. The number of nitrogens with zero attached hydrogens (tertiary/aromatic N) is 1. The molecule has 8 heteroatoms. The number of thiazole rings is 1. The summed E-state index contributed by atoms with van der Waals surface area (Å²) in [6.07, 6.45) is 0. The van der Waals surface area contributed by atoms with Gasteiger partial charge in [-0.25, -0.2) is 4.98 Å². The minimum absolute atomic E-state index is 0.00916. The number of nitrogens with two attached hydrogens (primary N) is 1. The highest BCUT2D eigenvalue weighted by atomic mass is 32.1. The molecule has 1 unspecified atom stereocenters. The minimum Gasteiger partial charge on any atom is -0.486 e. The number of amides is 1. The predicted octanol–water partition coefficient (Wildman–Crippen LogP) is 3.03. The summed E-state index contributed by atoms with van der Waals surface area (Å²) in [6, 6.07) is 4.90. The van der Waals surface area contributed by atoms with Crippen molar-refractivity contribution in [3.8, 4) is 28.8 Å². The first-order valence-corrected chi connectivity index (χ1v) is 8.60. The van der Waals surface area contributed by atoms with Crippen molar-refractivity contribution in [2.24, 2.45) is 11.7 Å². The molecule has 0 fully saturated rings. The van der Waals surface area contributed by atoms with Gasteiger partial charge in [0.25, 0.3) is 5.91 Å². The number of alkyl halides is 2. The number of ether oxygens (including phenoxy) is 2. The number of hydrogen-bond acceptors (Lipinski definition) is 5. The number of aromatic nitrogens is 1. The molecule has 3 rings (SSSR count). The van der Waals surface area contributed by atoms with Crippen molar-refractivity contribution < 1.29 is 23.0 Å². The first-order chi connectivity index (χ1) is 12.3. The monoisotopic (exact) mass is 378 g/mol. The third kappa shape index (κ3) is 3.54. The molecule has 0 saturated carbocycles. The Bertz CT molecular complexity index is 915. The average Bonchev–Trinajstić information content (AvgIpc) is 3.01.